The predicted octanol–water partition coefficient (Wildman–Crippen LogP) is 10.9. The molecule has 0 bridgehead atoms. The van der Waals surface area contributed by atoms with Crippen molar-refractivity contribution in [1.29, 1.82) is 0 Å². The smallest absolute Gasteiger partial charge is 0.308 e. The maximum absolute atomic E-state index is 14.4. The summed E-state index contributed by atoms with van der Waals surface area (Å²) in [6.45, 7) is 7.64. The van der Waals surface area contributed by atoms with Crippen LogP contribution in [0.3, 0.4) is 0 Å². The zero-order valence-corrected chi connectivity index (χ0v) is 55.0. The van der Waals surface area contributed by atoms with Crippen molar-refractivity contribution in [2.75, 3.05) is 10.5 Å². The van der Waals surface area contributed by atoms with E-state index in [1.165, 1.54) is 146 Å². The van der Waals surface area contributed by atoms with Crippen LogP contribution >= 0.6 is 10.7 Å². The summed E-state index contributed by atoms with van der Waals surface area (Å²) in [6.07, 6.45) is -2.04. The maximum Gasteiger partial charge on any atom is 0.308 e. The van der Waals surface area contributed by atoms with Gasteiger partial charge in [-0.2, -0.15) is 0 Å². The van der Waals surface area contributed by atoms with Crippen molar-refractivity contribution < 1.29 is 80.5 Å². The van der Waals surface area contributed by atoms with E-state index < -0.39 is 105 Å². The third kappa shape index (κ3) is 19.0. The zero-order chi connectivity index (χ0) is 68.1. The Kier molecular flexibility index (Phi) is 25.1. The van der Waals surface area contributed by atoms with Crippen LogP contribution in [-0.4, -0.2) is 97.8 Å². The number of carbonyl (C=O) groups excluding carboxylic acids is 2. The molecule has 3 radical (unpaired) electrons. The number of nitrogens with one attached hydrogen (secondary N) is 1. The van der Waals surface area contributed by atoms with Crippen LogP contribution in [0.25, 0.3) is 44.8 Å². The molecule has 507 valence electrons. The lowest BCUT2D eigenvalue weighted by molar-refractivity contribution is -0.161. The lowest BCUT2D eigenvalue weighted by Crippen LogP contribution is -2.33. The van der Waals surface area contributed by atoms with Crippen LogP contribution in [0.4, 0.5) is 28.9 Å². The van der Waals surface area contributed by atoms with E-state index in [0.29, 0.717) is 57.1 Å². The van der Waals surface area contributed by atoms with Crippen molar-refractivity contribution in [1.82, 2.24) is 9.13 Å². The summed E-state index contributed by atoms with van der Waals surface area (Å²) >= 11 is 0. The Morgan fingerprint density at radius 3 is 1.16 bits per heavy atom. The van der Waals surface area contributed by atoms with E-state index >= 15 is 0 Å². The molecule has 95 heavy (non-hydrogen) atoms. The van der Waals surface area contributed by atoms with Gasteiger partial charge in [-0.25, -0.2) is 61.5 Å². The van der Waals surface area contributed by atoms with Gasteiger partial charge in [0.05, 0.1) is 46.2 Å². The summed E-state index contributed by atoms with van der Waals surface area (Å²) in [5.41, 5.74) is 9.87. The normalized spacial score (nSPS) is 16.7. The number of sulfonamides is 3. The van der Waals surface area contributed by atoms with E-state index in [9.17, 15) is 71.0 Å². The summed E-state index contributed by atoms with van der Waals surface area (Å²) in [5, 5.41) is 30.2. The molecule has 8 aromatic rings. The second-order valence-electron chi connectivity index (χ2n) is 22.7. The molecule has 20 nitrogen and oxygen atoms in total. The average Bonchev–Trinajstić information content (AvgIpc) is 1.59. The molecule has 2 aliphatic rings. The highest BCUT2D eigenvalue weighted by Crippen LogP contribution is 2.48. The molecule has 2 unspecified atom stereocenters. The highest BCUT2D eigenvalue weighted by molar-refractivity contribution is 8.14. The fourth-order valence-electron chi connectivity index (χ4n) is 11.1. The number of anilines is 2. The molecule has 9 N–H and O–H groups in total. The summed E-state index contributed by atoms with van der Waals surface area (Å²) in [4.78, 5) is 23.5. The van der Waals surface area contributed by atoms with Crippen molar-refractivity contribution in [3.05, 3.63) is 180 Å². The minimum atomic E-state index is -4.45. The number of aliphatic hydroxyl groups is 2. The van der Waals surface area contributed by atoms with Gasteiger partial charge in [-0.05, 0) is 155 Å². The van der Waals surface area contributed by atoms with Gasteiger partial charge in [0, 0.05) is 91.8 Å². The number of carbonyl (C=O) groups is 2. The summed E-state index contributed by atoms with van der Waals surface area (Å²) in [7, 11) is -10.3. The van der Waals surface area contributed by atoms with Crippen molar-refractivity contribution in [3.8, 4) is 44.8 Å². The van der Waals surface area contributed by atoms with E-state index in [0.717, 1.165) is 0 Å². The number of halogens is 5. The van der Waals surface area contributed by atoms with Crippen molar-refractivity contribution in [3.63, 3.8) is 0 Å². The maximum atomic E-state index is 14.4. The van der Waals surface area contributed by atoms with Crippen LogP contribution in [0.2, 0.25) is 0 Å². The second kappa shape index (κ2) is 31.3. The van der Waals surface area contributed by atoms with Crippen LogP contribution in [0.5, 0.6) is 0 Å². The molecule has 4 heterocycles. The number of nitrogens with two attached hydrogens (primary N) is 3. The molecule has 2 aliphatic heterocycles. The molecule has 10 rings (SSSR count). The molecule has 0 saturated carbocycles. The molecule has 2 aromatic heterocycles. The molecule has 0 spiro atoms. The van der Waals surface area contributed by atoms with Gasteiger partial charge in [-0.3, -0.25) is 14.3 Å². The van der Waals surface area contributed by atoms with Crippen LogP contribution in [-0.2, 0) is 71.3 Å². The number of esters is 2. The number of benzene rings is 6. The number of aliphatic hydroxyl groups excluding tert-OH is 2. The van der Waals surface area contributed by atoms with Crippen LogP contribution < -0.4 is 20.7 Å². The highest BCUT2D eigenvalue weighted by atomic mass is 35.7. The van der Waals surface area contributed by atoms with Gasteiger partial charge in [-0.15, -0.1) is 0 Å². The van der Waals surface area contributed by atoms with Crippen molar-refractivity contribution in [2.24, 2.45) is 10.3 Å². The molecule has 2 saturated heterocycles. The number of hydrogen-bond donors (Lipinski definition) is 6. The Hall–Kier alpha value is -7.87. The van der Waals surface area contributed by atoms with E-state index in [1.54, 1.807) is 23.0 Å². The van der Waals surface area contributed by atoms with E-state index in [4.69, 9.17) is 36.2 Å². The Labute approximate surface area is 556 Å². The number of nitrogen functional groups attached to an aromatic ring is 1. The number of rotatable bonds is 18. The molecule has 2 fully saturated rings. The standard InChI is InChI=1S/C32H33F2N3O7S2.C26H26ClF2NO5S.C6H8N2O2S.CH4.B/c1-19(2)30-32(46(42,43)36-24-11-13-27(14-12-24)45(35,40)41)29(20-3-7-22(33)8-4-20)31(21-5-9-23(34)10-6-21)37(30)16-15-26-17-25(38)18-28(39)44-26;1-15(2)24-26(36(27,33)34)23(16-3-7-18(28)8-4-16)25(17-5-9-19(29)10-6-17)30(24)12-11-21-13-20(31)14-22(32)35-21;7-5-1-3-6(4-2-5)11(8,9)10;;/h3-14,19,25-26,36,38H,15-18H2,1-2H3,(H2,35,40,41);3-10,15,20-21,31H,11-14H2,1-2H3;1-4H,7H2,(H2,8,9,10);1H4;/t25-,26?;20-,21?;;;/m11.../s1. The first kappa shape index (κ1) is 76.2. The highest BCUT2D eigenvalue weighted by Gasteiger charge is 2.37. The lowest BCUT2D eigenvalue weighted by Gasteiger charge is -2.27. The van der Waals surface area contributed by atoms with Gasteiger partial charge >= 0.3 is 11.9 Å². The van der Waals surface area contributed by atoms with Gasteiger partial charge in [0.2, 0.25) is 20.0 Å². The quantitative estimate of drug-likeness (QED) is 0.0153. The predicted molar refractivity (Wildman–Crippen MR) is 354 cm³/mol. The molecule has 0 amide bonds. The number of cyclic esters (lactones) is 2. The number of primary sulfonamides is 2. The van der Waals surface area contributed by atoms with Gasteiger partial charge in [0.1, 0.15) is 45.3 Å². The molecule has 0 aliphatic carbocycles. The number of nitrogens with zero attached hydrogens (tertiary/aromatic N) is 2. The van der Waals surface area contributed by atoms with Crippen LogP contribution in [0, 0.1) is 23.3 Å². The summed E-state index contributed by atoms with van der Waals surface area (Å²) < 4.78 is 172. The first-order valence-electron chi connectivity index (χ1n) is 28.9. The van der Waals surface area contributed by atoms with Gasteiger partial charge in [0.25, 0.3) is 19.1 Å². The SMILES string of the molecule is C.CC(C)c1c(S(=O)(=O)Cl)c(-c2ccc(F)cc2)c(-c2ccc(F)cc2)n1CCC1C[C@@H](O)CC(=O)O1.CC(C)c1c(S(=O)(=O)Nc2ccc(S(N)(=O)=O)cc2)c(-c2ccc(F)cc2)c(-c2ccc(F)cc2)n1CCC1C[C@@H](O)CC(=O)O1.Nc1ccc(S(N)(=O)=O)cc1.[B]. The first-order chi connectivity index (χ1) is 43.6. The molecule has 4 atom stereocenters. The van der Waals surface area contributed by atoms with E-state index in [1.807, 2.05) is 13.8 Å². The first-order valence-corrected chi connectivity index (χ1v) is 35.8. The number of aromatic nitrogens is 2. The number of hydrogen-bond acceptors (Lipinski definition) is 15. The lowest BCUT2D eigenvalue weighted by atomic mass is 10.00. The largest absolute Gasteiger partial charge is 0.462 e. The monoisotopic (exact) mass is 1410 g/mol. The molecular weight excluding hydrogens is 1340 g/mol. The average molecular weight is 1410 g/mol. The topological polar surface area (TPSA) is 330 Å². The molecule has 6 aromatic carbocycles. The van der Waals surface area contributed by atoms with Crippen LogP contribution in [0.15, 0.2) is 165 Å². The van der Waals surface area contributed by atoms with Gasteiger partial charge in [-0.1, -0.05) is 59.4 Å². The Morgan fingerprint density at radius 1 is 0.526 bits per heavy atom. The number of ether oxygens (including phenoxy) is 2. The third-order valence-electron chi connectivity index (χ3n) is 15.1. The molecular formula is C65H71BClF4N6O14S4. The van der Waals surface area contributed by atoms with Crippen molar-refractivity contribution >= 4 is 81.5 Å². The van der Waals surface area contributed by atoms with E-state index in [-0.39, 0.29) is 103 Å². The Balaban J connectivity index is 0.000000259. The third-order valence-corrected chi connectivity index (χ3v) is 19.8. The Bertz CT molecular complexity index is 4490. The summed E-state index contributed by atoms with van der Waals surface area (Å²) in [6, 6.07) is 32.4. The minimum absolute atomic E-state index is 0. The van der Waals surface area contributed by atoms with Gasteiger partial charge in [0.15, 0.2) is 0 Å². The zero-order valence-electron chi connectivity index (χ0n) is 51.0. The minimum Gasteiger partial charge on any atom is -0.462 e. The molecule has 30 heteroatoms. The Morgan fingerprint density at radius 2 is 0.842 bits per heavy atom. The van der Waals surface area contributed by atoms with Gasteiger partial charge < -0.3 is 34.6 Å². The summed E-state index contributed by atoms with van der Waals surface area (Å²) in [5.74, 6) is -3.74. The second-order valence-corrected chi connectivity index (χ2v) is 30.0. The van der Waals surface area contributed by atoms with Crippen molar-refractivity contribution in [2.45, 2.75) is 143 Å². The fraction of sp³-hybridized carbons (Fsp3) is 0.292. The van der Waals surface area contributed by atoms with Crippen LogP contribution in [0.1, 0.15) is 96.9 Å². The van der Waals surface area contributed by atoms with E-state index in [2.05, 4.69) is 4.72 Å². The fourth-order valence-corrected chi connectivity index (χ4v) is 15.3.